The van der Waals surface area contributed by atoms with Crippen LogP contribution < -0.4 is 10.1 Å². The van der Waals surface area contributed by atoms with Crippen molar-refractivity contribution in [1.29, 1.82) is 0 Å². The van der Waals surface area contributed by atoms with E-state index < -0.39 is 12.1 Å². The zero-order chi connectivity index (χ0) is 15.2. The van der Waals surface area contributed by atoms with Crippen molar-refractivity contribution in [2.45, 2.75) is 32.4 Å². The van der Waals surface area contributed by atoms with Crippen LogP contribution in [-0.4, -0.2) is 41.2 Å². The summed E-state index contributed by atoms with van der Waals surface area (Å²) in [5.41, 5.74) is 0.833. The minimum Gasteiger partial charge on any atom is -0.494 e. The molecule has 2 rings (SSSR count). The Bertz CT molecular complexity index is 501. The van der Waals surface area contributed by atoms with E-state index in [2.05, 4.69) is 12.2 Å². The summed E-state index contributed by atoms with van der Waals surface area (Å²) in [6, 6.07) is 6.72. The lowest BCUT2D eigenvalue weighted by Gasteiger charge is -2.34. The van der Waals surface area contributed by atoms with Crippen LogP contribution in [0.3, 0.4) is 0 Å². The van der Waals surface area contributed by atoms with Gasteiger partial charge in [-0.05, 0) is 24.1 Å². The Hall–Kier alpha value is -2.24. The predicted molar refractivity (Wildman–Crippen MR) is 77.2 cm³/mol. The van der Waals surface area contributed by atoms with Crippen molar-refractivity contribution in [2.75, 3.05) is 13.2 Å². The molecule has 1 aliphatic rings. The lowest BCUT2D eigenvalue weighted by atomic mass is 10.1. The lowest BCUT2D eigenvalue weighted by Crippen LogP contribution is -2.62. The van der Waals surface area contributed by atoms with Gasteiger partial charge >= 0.3 is 6.09 Å². The molecule has 1 aromatic carbocycles. The van der Waals surface area contributed by atoms with Gasteiger partial charge in [0.25, 0.3) is 0 Å². The number of β-lactam (4-membered cyclic amide) rings is 1. The van der Waals surface area contributed by atoms with Gasteiger partial charge in [-0.25, -0.2) is 4.79 Å². The summed E-state index contributed by atoms with van der Waals surface area (Å²) in [5.74, 6) is 0.535. The fraction of sp³-hybridized carbons (Fsp3) is 0.467. The number of unbranched alkanes of at least 4 members (excludes halogenated alkanes) is 1. The van der Waals surface area contributed by atoms with Gasteiger partial charge in [-0.3, -0.25) is 9.69 Å². The van der Waals surface area contributed by atoms with Crippen LogP contribution in [0, 0.1) is 0 Å². The molecular formula is C15H20N2O4. The van der Waals surface area contributed by atoms with Crippen LogP contribution in [0.25, 0.3) is 0 Å². The SMILES string of the molecule is CCCCOc1ccc(CN(C(=O)O)[C@H]2CNC2=O)cc1. The Morgan fingerprint density at radius 1 is 1.43 bits per heavy atom. The summed E-state index contributed by atoms with van der Waals surface area (Å²) < 4.78 is 5.56. The van der Waals surface area contributed by atoms with Crippen LogP contribution in [0.2, 0.25) is 0 Å². The van der Waals surface area contributed by atoms with Gasteiger partial charge in [-0.2, -0.15) is 0 Å². The average Bonchev–Trinajstić information content (AvgIpc) is 2.47. The van der Waals surface area contributed by atoms with Crippen LogP contribution in [0.4, 0.5) is 4.79 Å². The van der Waals surface area contributed by atoms with Crippen molar-refractivity contribution in [1.82, 2.24) is 10.2 Å². The van der Waals surface area contributed by atoms with Gasteiger partial charge < -0.3 is 15.2 Å². The second kappa shape index (κ2) is 6.97. The average molecular weight is 292 g/mol. The molecular weight excluding hydrogens is 272 g/mol. The summed E-state index contributed by atoms with van der Waals surface area (Å²) >= 11 is 0. The molecule has 6 heteroatoms. The van der Waals surface area contributed by atoms with E-state index in [-0.39, 0.29) is 12.5 Å². The topological polar surface area (TPSA) is 78.9 Å². The molecule has 1 atom stereocenters. The molecule has 0 saturated carbocycles. The fourth-order valence-electron chi connectivity index (χ4n) is 2.06. The first-order valence-corrected chi connectivity index (χ1v) is 7.11. The van der Waals surface area contributed by atoms with Crippen molar-refractivity contribution >= 4 is 12.0 Å². The maximum atomic E-state index is 11.3. The highest BCUT2D eigenvalue weighted by Crippen LogP contribution is 2.17. The van der Waals surface area contributed by atoms with E-state index in [0.717, 1.165) is 29.1 Å². The second-order valence-corrected chi connectivity index (χ2v) is 5.02. The number of rotatable bonds is 7. The van der Waals surface area contributed by atoms with Gasteiger partial charge in [0.05, 0.1) is 6.61 Å². The molecule has 1 saturated heterocycles. The number of carboxylic acid groups (broad SMARTS) is 1. The van der Waals surface area contributed by atoms with Crippen molar-refractivity contribution in [3.8, 4) is 5.75 Å². The first-order valence-electron chi connectivity index (χ1n) is 7.11. The number of amides is 2. The summed E-state index contributed by atoms with van der Waals surface area (Å²) in [6.45, 7) is 3.36. The Morgan fingerprint density at radius 3 is 2.62 bits per heavy atom. The Balaban J connectivity index is 1.94. The van der Waals surface area contributed by atoms with E-state index >= 15 is 0 Å². The number of nitrogens with zero attached hydrogens (tertiary/aromatic N) is 1. The minimum absolute atomic E-state index is 0.197. The van der Waals surface area contributed by atoms with Gasteiger partial charge in [0.1, 0.15) is 11.8 Å². The zero-order valence-electron chi connectivity index (χ0n) is 12.0. The Morgan fingerprint density at radius 2 is 2.14 bits per heavy atom. The number of hydrogen-bond donors (Lipinski definition) is 2. The standard InChI is InChI=1S/C15H20N2O4/c1-2-3-8-21-12-6-4-11(5-7-12)10-17(15(19)20)13-9-16-14(13)18/h4-7,13H,2-3,8-10H2,1H3,(H,16,18)(H,19,20)/t13-/m0/s1. The zero-order valence-corrected chi connectivity index (χ0v) is 12.0. The highest BCUT2D eigenvalue weighted by Gasteiger charge is 2.36. The van der Waals surface area contributed by atoms with Gasteiger partial charge in [-0.15, -0.1) is 0 Å². The monoisotopic (exact) mass is 292 g/mol. The first kappa shape index (κ1) is 15.2. The highest BCUT2D eigenvalue weighted by molar-refractivity contribution is 5.90. The van der Waals surface area contributed by atoms with Gasteiger partial charge in [0.2, 0.25) is 5.91 Å². The van der Waals surface area contributed by atoms with Crippen LogP contribution in [0.5, 0.6) is 5.75 Å². The number of benzene rings is 1. The normalized spacial score (nSPS) is 16.8. The molecule has 0 bridgehead atoms. The third-order valence-corrected chi connectivity index (χ3v) is 3.44. The van der Waals surface area contributed by atoms with E-state index in [1.165, 1.54) is 0 Å². The molecule has 1 aromatic rings. The maximum Gasteiger partial charge on any atom is 0.408 e. The van der Waals surface area contributed by atoms with Crippen LogP contribution in [0.15, 0.2) is 24.3 Å². The van der Waals surface area contributed by atoms with E-state index in [4.69, 9.17) is 4.74 Å². The lowest BCUT2D eigenvalue weighted by molar-refractivity contribution is -0.132. The molecule has 1 heterocycles. The molecule has 0 unspecified atom stereocenters. The molecule has 6 nitrogen and oxygen atoms in total. The maximum absolute atomic E-state index is 11.3. The summed E-state index contributed by atoms with van der Waals surface area (Å²) in [6.07, 6.45) is 0.999. The van der Waals surface area contributed by atoms with Crippen LogP contribution in [-0.2, 0) is 11.3 Å². The number of carbonyl (C=O) groups is 2. The molecule has 1 fully saturated rings. The van der Waals surface area contributed by atoms with Crippen molar-refractivity contribution < 1.29 is 19.4 Å². The molecule has 0 aliphatic carbocycles. The molecule has 0 radical (unpaired) electrons. The van der Waals surface area contributed by atoms with Gasteiger partial charge in [0.15, 0.2) is 0 Å². The van der Waals surface area contributed by atoms with Crippen LogP contribution in [0.1, 0.15) is 25.3 Å². The number of ether oxygens (including phenoxy) is 1. The van der Waals surface area contributed by atoms with E-state index in [9.17, 15) is 14.7 Å². The van der Waals surface area contributed by atoms with E-state index in [1.807, 2.05) is 24.3 Å². The highest BCUT2D eigenvalue weighted by atomic mass is 16.5. The predicted octanol–water partition coefficient (Wildman–Crippen LogP) is 1.84. The first-order chi connectivity index (χ1) is 10.1. The molecule has 21 heavy (non-hydrogen) atoms. The summed E-state index contributed by atoms with van der Waals surface area (Å²) in [5, 5.41) is 11.8. The smallest absolute Gasteiger partial charge is 0.408 e. The number of hydrogen-bond acceptors (Lipinski definition) is 3. The van der Waals surface area contributed by atoms with E-state index in [0.29, 0.717) is 13.2 Å². The van der Waals surface area contributed by atoms with Crippen molar-refractivity contribution in [2.24, 2.45) is 0 Å². The Labute approximate surface area is 123 Å². The van der Waals surface area contributed by atoms with Crippen LogP contribution >= 0.6 is 0 Å². The molecule has 0 spiro atoms. The third kappa shape index (κ3) is 3.87. The van der Waals surface area contributed by atoms with Crippen molar-refractivity contribution in [3.63, 3.8) is 0 Å². The van der Waals surface area contributed by atoms with Gasteiger partial charge in [0, 0.05) is 13.1 Å². The van der Waals surface area contributed by atoms with Crippen molar-refractivity contribution in [3.05, 3.63) is 29.8 Å². The fourth-order valence-corrected chi connectivity index (χ4v) is 2.06. The molecule has 2 amide bonds. The molecule has 0 aromatic heterocycles. The summed E-state index contributed by atoms with van der Waals surface area (Å²) in [7, 11) is 0. The molecule has 114 valence electrons. The van der Waals surface area contributed by atoms with Gasteiger partial charge in [-0.1, -0.05) is 25.5 Å². The Kier molecular flexibility index (Phi) is 5.03. The summed E-state index contributed by atoms with van der Waals surface area (Å²) in [4.78, 5) is 23.7. The number of nitrogens with one attached hydrogen (secondary N) is 1. The molecule has 2 N–H and O–H groups in total. The second-order valence-electron chi connectivity index (χ2n) is 5.02. The largest absolute Gasteiger partial charge is 0.494 e. The van der Waals surface area contributed by atoms with E-state index in [1.54, 1.807) is 0 Å². The molecule has 1 aliphatic heterocycles. The third-order valence-electron chi connectivity index (χ3n) is 3.44. The number of carbonyl (C=O) groups excluding carboxylic acids is 1. The minimum atomic E-state index is -1.09. The quantitative estimate of drug-likeness (QED) is 0.594.